The monoisotopic (exact) mass is 880 g/mol. The van der Waals surface area contributed by atoms with Crippen LogP contribution in [0.2, 0.25) is 0 Å². The predicted molar refractivity (Wildman–Crippen MR) is 260 cm³/mol. The van der Waals surface area contributed by atoms with E-state index >= 15 is 0 Å². The summed E-state index contributed by atoms with van der Waals surface area (Å²) in [7, 11) is 3.44. The van der Waals surface area contributed by atoms with Gasteiger partial charge in [-0.2, -0.15) is 9.97 Å². The molecule has 9 heterocycles. The fourth-order valence-electron chi connectivity index (χ4n) is 12.1. The van der Waals surface area contributed by atoms with E-state index < -0.39 is 12.2 Å². The first-order valence-corrected chi connectivity index (χ1v) is 24.2. The summed E-state index contributed by atoms with van der Waals surface area (Å²) in [4.78, 5) is 26.0. The van der Waals surface area contributed by atoms with Gasteiger partial charge in [-0.25, -0.2) is 0 Å². The molecule has 0 N–H and O–H groups in total. The molecule has 6 aliphatic heterocycles. The summed E-state index contributed by atoms with van der Waals surface area (Å²) in [5.74, 6) is 5.70. The molecule has 6 saturated heterocycles. The van der Waals surface area contributed by atoms with Gasteiger partial charge in [0.25, 0.3) is 0 Å². The van der Waals surface area contributed by atoms with E-state index in [9.17, 15) is 0 Å². The summed E-state index contributed by atoms with van der Waals surface area (Å²) in [6, 6.07) is 37.4. The summed E-state index contributed by atoms with van der Waals surface area (Å²) in [5, 5.41) is 2.02. The third-order valence-corrected chi connectivity index (χ3v) is 15.6. The molecule has 10 atom stereocenters. The van der Waals surface area contributed by atoms with E-state index in [2.05, 4.69) is 90.4 Å². The quantitative estimate of drug-likeness (QED) is 0.105. The average Bonchev–Trinajstić information content (AvgIpc) is 3.39. The van der Waals surface area contributed by atoms with Gasteiger partial charge in [0, 0.05) is 52.9 Å². The van der Waals surface area contributed by atoms with Crippen LogP contribution in [0.1, 0.15) is 75.7 Å². The van der Waals surface area contributed by atoms with Gasteiger partial charge in [-0.05, 0) is 117 Å². The Balaban J connectivity index is 1.13. The largest absolute Gasteiger partial charge is 0.497 e. The van der Waals surface area contributed by atoms with Crippen molar-refractivity contribution < 1.29 is 18.9 Å². The van der Waals surface area contributed by atoms with E-state index in [4.69, 9.17) is 38.9 Å². The van der Waals surface area contributed by atoms with Crippen LogP contribution in [0.25, 0.3) is 44.3 Å². The van der Waals surface area contributed by atoms with E-state index in [1.54, 1.807) is 14.2 Å². The minimum absolute atomic E-state index is 0.106. The maximum atomic E-state index is 7.76. The Kier molecular flexibility index (Phi) is 11.8. The lowest BCUT2D eigenvalue weighted by Crippen LogP contribution is -2.56. The van der Waals surface area contributed by atoms with Crippen LogP contribution in [0.15, 0.2) is 122 Å². The maximum absolute atomic E-state index is 7.76. The van der Waals surface area contributed by atoms with Crippen molar-refractivity contribution in [1.29, 1.82) is 0 Å². The number of hydrogen-bond donors (Lipinski definition) is 0. The number of hydrogen-bond acceptors (Lipinski definition) is 10. The molecule has 0 amide bonds. The number of piperidine rings is 6. The van der Waals surface area contributed by atoms with E-state index in [1.807, 2.05) is 54.9 Å². The summed E-state index contributed by atoms with van der Waals surface area (Å²) >= 11 is 0. The highest BCUT2D eigenvalue weighted by atomic mass is 16.5. The molecule has 6 unspecified atom stereocenters. The third kappa shape index (κ3) is 7.91. The predicted octanol–water partition coefficient (Wildman–Crippen LogP) is 11.4. The first-order chi connectivity index (χ1) is 32.5. The zero-order valence-corrected chi connectivity index (χ0v) is 38.6. The number of nitrogens with zero attached hydrogens (tertiary/aromatic N) is 6. The molecule has 10 heteroatoms. The highest BCUT2D eigenvalue weighted by Gasteiger charge is 2.47. The molecule has 0 radical (unpaired) electrons. The van der Waals surface area contributed by atoms with Crippen molar-refractivity contribution in [3.8, 4) is 45.8 Å². The molecule has 13 rings (SSSR count). The highest BCUT2D eigenvalue weighted by Crippen LogP contribution is 2.50. The number of rotatable bonds is 14. The summed E-state index contributed by atoms with van der Waals surface area (Å²) in [6.07, 6.45) is 9.90. The number of pyridine rings is 2. The van der Waals surface area contributed by atoms with Crippen molar-refractivity contribution in [2.24, 2.45) is 23.7 Å². The van der Waals surface area contributed by atoms with Gasteiger partial charge in [-0.15, -0.1) is 0 Å². The zero-order valence-electron chi connectivity index (χ0n) is 38.6. The Labute approximate surface area is 388 Å². The van der Waals surface area contributed by atoms with Gasteiger partial charge >= 0.3 is 0 Å². The second-order valence-corrected chi connectivity index (χ2v) is 18.9. The van der Waals surface area contributed by atoms with Crippen molar-refractivity contribution in [1.82, 2.24) is 29.7 Å². The van der Waals surface area contributed by atoms with E-state index in [0.717, 1.165) is 100 Å². The van der Waals surface area contributed by atoms with Crippen molar-refractivity contribution in [3.05, 3.63) is 133 Å². The van der Waals surface area contributed by atoms with Gasteiger partial charge in [0.1, 0.15) is 29.3 Å². The Bertz CT molecular complexity index is 2680. The molecular formula is C56H60N6O4. The van der Waals surface area contributed by atoms with Crippen LogP contribution in [0.5, 0.6) is 23.3 Å². The molecule has 4 aromatic carbocycles. The Hall–Kier alpha value is -6.10. The molecule has 3 aromatic heterocycles. The second kappa shape index (κ2) is 18.3. The number of ether oxygens (including phenoxy) is 4. The molecule has 338 valence electrons. The lowest BCUT2D eigenvalue weighted by Gasteiger charge is -2.52. The molecule has 0 saturated carbocycles. The van der Waals surface area contributed by atoms with Gasteiger partial charge in [0.05, 0.1) is 37.3 Å². The number of benzene rings is 4. The first kappa shape index (κ1) is 42.5. The lowest BCUT2D eigenvalue weighted by molar-refractivity contribution is -0.0510. The minimum Gasteiger partial charge on any atom is -0.497 e. The number of fused-ring (bicyclic) bond motifs is 8. The summed E-state index contributed by atoms with van der Waals surface area (Å²) in [6.45, 7) is 8.88. The Morgan fingerprint density at radius 2 is 1.05 bits per heavy atom. The van der Waals surface area contributed by atoms with Crippen LogP contribution in [0.3, 0.4) is 0 Å². The van der Waals surface area contributed by atoms with Gasteiger partial charge in [-0.3, -0.25) is 19.8 Å². The third-order valence-electron chi connectivity index (χ3n) is 15.6. The molecule has 66 heavy (non-hydrogen) atoms. The molecule has 10 nitrogen and oxygen atoms in total. The van der Waals surface area contributed by atoms with Crippen LogP contribution >= 0.6 is 0 Å². The van der Waals surface area contributed by atoms with Crippen molar-refractivity contribution >= 4 is 21.8 Å². The topological polar surface area (TPSA) is 95.0 Å². The SMILES string of the molecule is CCC1CN2CCC1CC2[C@@H](Oc1nc(-c2ccccc2)nc(O[C@@H](c2ccnc3ccc(OC)cc23)C2C[C@H]3CCN2C[C@H]3CC)c1-c1ccccc1)c1ccnc2ccc(OC)cc12. The summed E-state index contributed by atoms with van der Waals surface area (Å²) < 4.78 is 27.2. The Morgan fingerprint density at radius 3 is 1.47 bits per heavy atom. The van der Waals surface area contributed by atoms with Gasteiger partial charge in [0.15, 0.2) is 5.82 Å². The van der Waals surface area contributed by atoms with E-state index in [1.165, 1.54) is 25.7 Å². The molecule has 7 aromatic rings. The first-order valence-electron chi connectivity index (χ1n) is 24.2. The van der Waals surface area contributed by atoms with Gasteiger partial charge < -0.3 is 18.9 Å². The van der Waals surface area contributed by atoms with Gasteiger partial charge in [0.2, 0.25) is 11.8 Å². The standard InChI is InChI=1S/C56H60N6O4/c1-5-35-33-61-27-23-39(35)29-49(61)52(43-21-25-57-47-19-17-41(63-3)31-45(43)47)65-55-51(37-13-9-7-10-14-37)56(60-54(59-55)38-15-11-8-12-16-38)66-53(50-30-40-24-28-62(50)34-36(40)6-2)44-22-26-58-48-20-18-42(64-4)32-46(44)48/h7-22,25-26,31-32,35-36,39-40,49-50,52-53H,5-6,23-24,27-30,33-34H2,1-4H3/t35-,36?,39-,40?,49?,50?,52+,53+/m1/s1. The molecule has 6 fully saturated rings. The molecular weight excluding hydrogens is 821 g/mol. The minimum atomic E-state index is -0.393. The maximum Gasteiger partial charge on any atom is 0.229 e. The second-order valence-electron chi connectivity index (χ2n) is 18.9. The molecule has 0 aliphatic carbocycles. The van der Waals surface area contributed by atoms with Crippen LogP contribution < -0.4 is 18.9 Å². The van der Waals surface area contributed by atoms with E-state index in [-0.39, 0.29) is 12.1 Å². The zero-order chi connectivity index (χ0) is 44.7. The Morgan fingerprint density at radius 1 is 0.576 bits per heavy atom. The smallest absolute Gasteiger partial charge is 0.229 e. The number of aromatic nitrogens is 4. The van der Waals surface area contributed by atoms with Crippen LogP contribution in [-0.2, 0) is 0 Å². The highest BCUT2D eigenvalue weighted by molar-refractivity contribution is 5.85. The van der Waals surface area contributed by atoms with Crippen molar-refractivity contribution in [3.63, 3.8) is 0 Å². The fraction of sp³-hybridized carbons (Fsp3) is 0.393. The van der Waals surface area contributed by atoms with E-state index in [0.29, 0.717) is 41.3 Å². The van der Waals surface area contributed by atoms with Crippen LogP contribution in [0, 0.1) is 23.7 Å². The fourth-order valence-corrected chi connectivity index (χ4v) is 12.1. The van der Waals surface area contributed by atoms with Crippen LogP contribution in [-0.4, -0.2) is 82.2 Å². The lowest BCUT2D eigenvalue weighted by atomic mass is 9.72. The van der Waals surface area contributed by atoms with Crippen molar-refractivity contribution in [2.45, 2.75) is 76.7 Å². The average molecular weight is 881 g/mol. The molecule has 0 spiro atoms. The number of methoxy groups -OCH3 is 2. The molecule has 6 aliphatic rings. The van der Waals surface area contributed by atoms with Gasteiger partial charge in [-0.1, -0.05) is 87.4 Å². The normalized spacial score (nSPS) is 25.4. The molecule has 4 bridgehead atoms. The van der Waals surface area contributed by atoms with Crippen LogP contribution in [0.4, 0.5) is 0 Å². The summed E-state index contributed by atoms with van der Waals surface area (Å²) in [5.41, 5.74) is 6.48. The van der Waals surface area contributed by atoms with Crippen molar-refractivity contribution in [2.75, 3.05) is 40.4 Å².